The van der Waals surface area contributed by atoms with Crippen LogP contribution in [0.3, 0.4) is 0 Å². The number of urea groups is 2. The number of rotatable bonds is 7. The second-order valence-corrected chi connectivity index (χ2v) is 8.03. The summed E-state index contributed by atoms with van der Waals surface area (Å²) >= 11 is 0. The maximum Gasteiger partial charge on any atom is 0.416 e. The van der Waals surface area contributed by atoms with Gasteiger partial charge >= 0.3 is 24.2 Å². The molecule has 1 aliphatic rings. The maximum absolute atomic E-state index is 12.9. The van der Waals surface area contributed by atoms with Crippen molar-refractivity contribution in [3.05, 3.63) is 70.9 Å². The number of carbonyl (C=O) groups is 3. The molecule has 1 aliphatic heterocycles. The number of esters is 1. The quantitative estimate of drug-likeness (QED) is 0.424. The van der Waals surface area contributed by atoms with Crippen LogP contribution in [0.25, 0.3) is 0 Å². The summed E-state index contributed by atoms with van der Waals surface area (Å²) in [7, 11) is 0. The Morgan fingerprint density at radius 3 is 2.33 bits per heavy atom. The summed E-state index contributed by atoms with van der Waals surface area (Å²) in [5, 5.41) is 7.74. The number of nitrogens with zero attached hydrogens (tertiary/aromatic N) is 1. The van der Waals surface area contributed by atoms with Gasteiger partial charge in [0.1, 0.15) is 0 Å². The van der Waals surface area contributed by atoms with E-state index >= 15 is 0 Å². The highest BCUT2D eigenvalue weighted by atomic mass is 19.4. The lowest BCUT2D eigenvalue weighted by atomic mass is 9.94. The molecule has 1 atom stereocenters. The minimum atomic E-state index is -4.53. The van der Waals surface area contributed by atoms with Crippen LogP contribution in [-0.4, -0.2) is 36.1 Å². The van der Waals surface area contributed by atoms with Gasteiger partial charge in [-0.1, -0.05) is 25.1 Å². The molecule has 192 valence electrons. The predicted octanol–water partition coefficient (Wildman–Crippen LogP) is 5.66. The normalized spacial score (nSPS) is 15.9. The molecule has 0 saturated heterocycles. The van der Waals surface area contributed by atoms with E-state index in [-0.39, 0.29) is 18.3 Å². The lowest BCUT2D eigenvalue weighted by Crippen LogP contribution is -2.48. The van der Waals surface area contributed by atoms with Crippen LogP contribution in [-0.2, 0) is 15.7 Å². The van der Waals surface area contributed by atoms with Crippen LogP contribution < -0.4 is 16.0 Å². The molecule has 0 saturated carbocycles. The first-order chi connectivity index (χ1) is 17.0. The second-order valence-electron chi connectivity index (χ2n) is 8.03. The number of benzene rings is 2. The molecule has 4 amide bonds. The SMILES string of the molecule is CCCN1C(=O)N[C@H](c2ccc(NC(=O)Nc3cccc(C(F)(F)F)c3)cc2)C(C(=O)OCC)=C1C. The molecule has 2 aromatic carbocycles. The van der Waals surface area contributed by atoms with Crippen molar-refractivity contribution in [3.63, 3.8) is 0 Å². The standard InChI is InChI=1S/C25H27F3N4O4/c1-4-13-32-15(3)20(22(33)36-5-2)21(31-24(32)35)16-9-11-18(12-10-16)29-23(34)30-19-8-6-7-17(14-19)25(26,27)28/h6-12,14,21H,4-5,13H2,1-3H3,(H,31,35)(H2,29,30,34)/t21-/m1/s1. The molecule has 1 heterocycles. The first-order valence-corrected chi connectivity index (χ1v) is 11.4. The minimum absolute atomic E-state index is 0.0137. The predicted molar refractivity (Wildman–Crippen MR) is 128 cm³/mol. The Morgan fingerprint density at radius 1 is 1.06 bits per heavy atom. The van der Waals surface area contributed by atoms with Gasteiger partial charge in [0.05, 0.1) is 23.8 Å². The van der Waals surface area contributed by atoms with Crippen molar-refractivity contribution >= 4 is 29.4 Å². The molecular formula is C25H27F3N4O4. The molecule has 0 spiro atoms. The van der Waals surface area contributed by atoms with Crippen LogP contribution in [0.15, 0.2) is 59.8 Å². The van der Waals surface area contributed by atoms with Gasteiger partial charge in [0.15, 0.2) is 0 Å². The first-order valence-electron chi connectivity index (χ1n) is 11.4. The number of hydrogen-bond acceptors (Lipinski definition) is 4. The third-order valence-corrected chi connectivity index (χ3v) is 5.49. The molecule has 36 heavy (non-hydrogen) atoms. The zero-order chi connectivity index (χ0) is 26.5. The summed E-state index contributed by atoms with van der Waals surface area (Å²) in [5.41, 5.74) is 0.874. The lowest BCUT2D eigenvalue weighted by Gasteiger charge is -2.35. The van der Waals surface area contributed by atoms with E-state index in [1.807, 2.05) is 6.92 Å². The Kier molecular flexibility index (Phi) is 8.23. The topological polar surface area (TPSA) is 99.8 Å². The van der Waals surface area contributed by atoms with E-state index in [9.17, 15) is 27.6 Å². The molecule has 11 heteroatoms. The molecule has 2 aromatic rings. The molecule has 0 radical (unpaired) electrons. The lowest BCUT2D eigenvalue weighted by molar-refractivity contribution is -0.139. The van der Waals surface area contributed by atoms with Crippen molar-refractivity contribution in [2.75, 3.05) is 23.8 Å². The molecule has 0 fully saturated rings. The van der Waals surface area contributed by atoms with Crippen LogP contribution >= 0.6 is 0 Å². The van der Waals surface area contributed by atoms with Crippen molar-refractivity contribution in [1.82, 2.24) is 10.2 Å². The second kappa shape index (κ2) is 11.1. The van der Waals surface area contributed by atoms with Gasteiger partial charge in [-0.3, -0.25) is 4.90 Å². The Bertz CT molecular complexity index is 1160. The van der Waals surface area contributed by atoms with Gasteiger partial charge in [0, 0.05) is 23.6 Å². The Balaban J connectivity index is 1.77. The fourth-order valence-electron chi connectivity index (χ4n) is 3.82. The summed E-state index contributed by atoms with van der Waals surface area (Å²) in [6.07, 6.45) is -3.82. The van der Waals surface area contributed by atoms with E-state index in [4.69, 9.17) is 4.74 Å². The molecule has 0 unspecified atom stereocenters. The van der Waals surface area contributed by atoms with Gasteiger partial charge in [0.25, 0.3) is 0 Å². The van der Waals surface area contributed by atoms with Crippen molar-refractivity contribution in [3.8, 4) is 0 Å². The third kappa shape index (κ3) is 6.15. The molecule has 0 aliphatic carbocycles. The fourth-order valence-corrected chi connectivity index (χ4v) is 3.82. The molecule has 0 aromatic heterocycles. The smallest absolute Gasteiger partial charge is 0.416 e. The van der Waals surface area contributed by atoms with E-state index in [0.29, 0.717) is 35.5 Å². The highest BCUT2D eigenvalue weighted by molar-refractivity contribution is 6.00. The number of anilines is 2. The van der Waals surface area contributed by atoms with Crippen molar-refractivity contribution in [2.45, 2.75) is 39.4 Å². The Hall–Kier alpha value is -4.02. The number of amides is 4. The zero-order valence-electron chi connectivity index (χ0n) is 20.0. The van der Waals surface area contributed by atoms with Crippen molar-refractivity contribution in [2.24, 2.45) is 0 Å². The van der Waals surface area contributed by atoms with E-state index in [2.05, 4.69) is 16.0 Å². The number of carbonyl (C=O) groups excluding carboxylic acids is 3. The molecule has 3 N–H and O–H groups in total. The highest BCUT2D eigenvalue weighted by Gasteiger charge is 2.36. The first kappa shape index (κ1) is 26.6. The van der Waals surface area contributed by atoms with E-state index in [1.54, 1.807) is 38.1 Å². The van der Waals surface area contributed by atoms with Gasteiger partial charge in [-0.05, 0) is 56.2 Å². The number of halogens is 3. The van der Waals surface area contributed by atoms with Gasteiger partial charge in [-0.25, -0.2) is 14.4 Å². The number of nitrogens with one attached hydrogen (secondary N) is 3. The summed E-state index contributed by atoms with van der Waals surface area (Å²) < 4.78 is 43.9. The van der Waals surface area contributed by atoms with Gasteiger partial charge in [-0.15, -0.1) is 0 Å². The average Bonchev–Trinajstić information content (AvgIpc) is 2.81. The number of ether oxygens (including phenoxy) is 1. The molecule has 3 rings (SSSR count). The molecular weight excluding hydrogens is 477 g/mol. The summed E-state index contributed by atoms with van der Waals surface area (Å²) in [6, 6.07) is 8.85. The molecule has 0 bridgehead atoms. The van der Waals surface area contributed by atoms with Crippen LogP contribution in [0.2, 0.25) is 0 Å². The largest absolute Gasteiger partial charge is 0.463 e. The number of alkyl halides is 3. The average molecular weight is 505 g/mol. The summed E-state index contributed by atoms with van der Waals surface area (Å²) in [6.45, 7) is 5.93. The fraction of sp³-hybridized carbons (Fsp3) is 0.320. The number of allylic oxidation sites excluding steroid dienone is 1. The summed E-state index contributed by atoms with van der Waals surface area (Å²) in [4.78, 5) is 39.2. The third-order valence-electron chi connectivity index (χ3n) is 5.49. The van der Waals surface area contributed by atoms with Gasteiger partial charge in [0.2, 0.25) is 0 Å². The highest BCUT2D eigenvalue weighted by Crippen LogP contribution is 2.33. The Morgan fingerprint density at radius 2 is 1.72 bits per heavy atom. The van der Waals surface area contributed by atoms with Crippen LogP contribution in [0, 0.1) is 0 Å². The van der Waals surface area contributed by atoms with Gasteiger partial charge < -0.3 is 20.7 Å². The van der Waals surface area contributed by atoms with Crippen LogP contribution in [0.4, 0.5) is 34.1 Å². The van der Waals surface area contributed by atoms with Gasteiger partial charge in [-0.2, -0.15) is 13.2 Å². The monoisotopic (exact) mass is 504 g/mol. The minimum Gasteiger partial charge on any atom is -0.463 e. The van der Waals surface area contributed by atoms with Crippen LogP contribution in [0.5, 0.6) is 0 Å². The summed E-state index contributed by atoms with van der Waals surface area (Å²) in [5.74, 6) is -0.538. The number of hydrogen-bond donors (Lipinski definition) is 3. The van der Waals surface area contributed by atoms with Crippen molar-refractivity contribution in [1.29, 1.82) is 0 Å². The van der Waals surface area contributed by atoms with E-state index in [0.717, 1.165) is 12.1 Å². The Labute approximate surface area is 206 Å². The molecule has 8 nitrogen and oxygen atoms in total. The van der Waals surface area contributed by atoms with Crippen LogP contribution in [0.1, 0.15) is 44.4 Å². The van der Waals surface area contributed by atoms with E-state index < -0.39 is 29.8 Å². The maximum atomic E-state index is 12.9. The zero-order valence-corrected chi connectivity index (χ0v) is 20.0. The van der Waals surface area contributed by atoms with E-state index in [1.165, 1.54) is 17.0 Å². The van der Waals surface area contributed by atoms with Crippen molar-refractivity contribution < 1.29 is 32.3 Å².